The molecular formula is C27H32N4O3. The van der Waals surface area contributed by atoms with E-state index in [2.05, 4.69) is 25.8 Å². The Labute approximate surface area is 199 Å². The monoisotopic (exact) mass is 460 g/mol. The summed E-state index contributed by atoms with van der Waals surface area (Å²) < 4.78 is 5.48. The van der Waals surface area contributed by atoms with Crippen molar-refractivity contribution in [2.24, 2.45) is 5.92 Å². The van der Waals surface area contributed by atoms with Crippen LogP contribution in [0.2, 0.25) is 0 Å². The van der Waals surface area contributed by atoms with E-state index in [9.17, 15) is 9.90 Å². The van der Waals surface area contributed by atoms with E-state index in [4.69, 9.17) is 4.74 Å². The third-order valence-corrected chi connectivity index (χ3v) is 8.35. The van der Waals surface area contributed by atoms with Crippen LogP contribution in [0.5, 0.6) is 5.75 Å². The van der Waals surface area contributed by atoms with Gasteiger partial charge in [-0.25, -0.2) is 4.98 Å². The first kappa shape index (κ1) is 21.5. The van der Waals surface area contributed by atoms with Gasteiger partial charge in [-0.05, 0) is 55.5 Å². The largest absolute Gasteiger partial charge is 0.497 e. The number of H-pyrrole nitrogens is 1. The molecule has 6 rings (SSSR count). The van der Waals surface area contributed by atoms with Crippen LogP contribution in [-0.4, -0.2) is 59.2 Å². The van der Waals surface area contributed by atoms with E-state index in [-0.39, 0.29) is 24.0 Å². The lowest BCUT2D eigenvalue weighted by atomic mass is 9.68. The number of benzene rings is 1. The average Bonchev–Trinajstić information content (AvgIpc) is 3.23. The van der Waals surface area contributed by atoms with E-state index in [1.165, 1.54) is 17.4 Å². The Morgan fingerprint density at radius 2 is 2.06 bits per heavy atom. The number of hydrogen-bond acceptors (Lipinski definition) is 5. The number of methoxy groups -OCH3 is 1. The van der Waals surface area contributed by atoms with Crippen LogP contribution in [0.1, 0.15) is 49.4 Å². The Bertz CT molecular complexity index is 1200. The molecule has 1 aromatic carbocycles. The first-order valence-corrected chi connectivity index (χ1v) is 12.4. The summed E-state index contributed by atoms with van der Waals surface area (Å²) in [6.07, 6.45) is 6.87. The zero-order valence-corrected chi connectivity index (χ0v) is 19.7. The molecule has 2 aliphatic heterocycles. The van der Waals surface area contributed by atoms with Gasteiger partial charge in [-0.15, -0.1) is 0 Å². The van der Waals surface area contributed by atoms with Crippen LogP contribution in [0.3, 0.4) is 0 Å². The normalized spacial score (nSPS) is 22.0. The second-order valence-corrected chi connectivity index (χ2v) is 10.1. The highest BCUT2D eigenvalue weighted by atomic mass is 16.5. The van der Waals surface area contributed by atoms with Crippen molar-refractivity contribution >= 4 is 22.6 Å². The van der Waals surface area contributed by atoms with Crippen molar-refractivity contribution in [1.82, 2.24) is 14.9 Å². The van der Waals surface area contributed by atoms with Gasteiger partial charge < -0.3 is 24.6 Å². The number of anilines is 1. The van der Waals surface area contributed by atoms with Gasteiger partial charge in [-0.3, -0.25) is 4.79 Å². The van der Waals surface area contributed by atoms with Crippen LogP contribution >= 0.6 is 0 Å². The summed E-state index contributed by atoms with van der Waals surface area (Å²) in [5.74, 6) is 2.26. The number of hydrogen-bond donors (Lipinski definition) is 2. The number of nitrogens with one attached hydrogen (secondary N) is 1. The number of aliphatic hydroxyl groups excluding tert-OH is 1. The predicted molar refractivity (Wildman–Crippen MR) is 131 cm³/mol. The fourth-order valence-corrected chi connectivity index (χ4v) is 6.25. The molecule has 1 amide bonds. The van der Waals surface area contributed by atoms with Crippen molar-refractivity contribution in [1.29, 1.82) is 0 Å². The van der Waals surface area contributed by atoms with Crippen molar-refractivity contribution in [3.63, 3.8) is 0 Å². The second-order valence-electron chi connectivity index (χ2n) is 10.1. The zero-order valence-electron chi connectivity index (χ0n) is 19.7. The van der Waals surface area contributed by atoms with Gasteiger partial charge in [-0.1, -0.05) is 12.5 Å². The van der Waals surface area contributed by atoms with Gasteiger partial charge in [0.1, 0.15) is 11.6 Å². The number of fused-ring (bicyclic) bond motifs is 4. The number of ether oxygens (including phenoxy) is 1. The molecule has 1 unspecified atom stereocenters. The third kappa shape index (κ3) is 3.28. The molecular weight excluding hydrogens is 428 g/mol. The topological polar surface area (TPSA) is 81.7 Å². The van der Waals surface area contributed by atoms with E-state index < -0.39 is 0 Å². The number of carbonyl (C=O) groups is 1. The molecule has 7 nitrogen and oxygen atoms in total. The van der Waals surface area contributed by atoms with Gasteiger partial charge in [0.15, 0.2) is 0 Å². The Morgan fingerprint density at radius 1 is 1.24 bits per heavy atom. The first-order valence-electron chi connectivity index (χ1n) is 12.4. The quantitative estimate of drug-likeness (QED) is 0.619. The van der Waals surface area contributed by atoms with E-state index in [0.29, 0.717) is 5.91 Å². The highest BCUT2D eigenvalue weighted by Crippen LogP contribution is 2.50. The molecule has 1 spiro atoms. The molecule has 2 N–H and O–H groups in total. The Balaban J connectivity index is 1.44. The average molecular weight is 461 g/mol. The minimum Gasteiger partial charge on any atom is -0.497 e. The van der Waals surface area contributed by atoms with Crippen molar-refractivity contribution in [2.75, 3.05) is 38.3 Å². The summed E-state index contributed by atoms with van der Waals surface area (Å²) in [5.41, 5.74) is 3.26. The summed E-state index contributed by atoms with van der Waals surface area (Å²) in [7, 11) is 1.68. The summed E-state index contributed by atoms with van der Waals surface area (Å²) in [4.78, 5) is 25.6. The Kier molecular flexibility index (Phi) is 5.25. The summed E-state index contributed by atoms with van der Waals surface area (Å²) in [6.45, 7) is 2.32. The number of aromatic amines is 1. The van der Waals surface area contributed by atoms with E-state index in [1.807, 2.05) is 36.5 Å². The highest BCUT2D eigenvalue weighted by Gasteiger charge is 2.48. The van der Waals surface area contributed by atoms with Gasteiger partial charge in [0, 0.05) is 59.8 Å². The van der Waals surface area contributed by atoms with Gasteiger partial charge in [0.05, 0.1) is 19.8 Å². The smallest absolute Gasteiger partial charge is 0.225 e. The van der Waals surface area contributed by atoms with E-state index in [1.54, 1.807) is 7.11 Å². The van der Waals surface area contributed by atoms with Crippen molar-refractivity contribution in [3.8, 4) is 5.75 Å². The molecule has 1 saturated heterocycles. The molecule has 3 aliphatic rings. The molecule has 4 heterocycles. The van der Waals surface area contributed by atoms with Crippen LogP contribution in [0.25, 0.3) is 10.9 Å². The van der Waals surface area contributed by atoms with Crippen molar-refractivity contribution in [2.45, 2.75) is 43.6 Å². The summed E-state index contributed by atoms with van der Waals surface area (Å²) in [6, 6.07) is 11.9. The van der Waals surface area contributed by atoms with Crippen LogP contribution in [-0.2, 0) is 10.2 Å². The predicted octanol–water partition coefficient (Wildman–Crippen LogP) is 3.79. The minimum absolute atomic E-state index is 0.00407. The number of likely N-dealkylation sites (tertiary alicyclic amines) is 1. The lowest BCUT2D eigenvalue weighted by molar-refractivity contribution is -0.139. The number of aromatic nitrogens is 2. The van der Waals surface area contributed by atoms with Gasteiger partial charge in [0.2, 0.25) is 5.91 Å². The van der Waals surface area contributed by atoms with E-state index >= 15 is 0 Å². The van der Waals surface area contributed by atoms with Gasteiger partial charge in [0.25, 0.3) is 0 Å². The van der Waals surface area contributed by atoms with Gasteiger partial charge in [-0.2, -0.15) is 0 Å². The van der Waals surface area contributed by atoms with Crippen molar-refractivity contribution < 1.29 is 14.6 Å². The van der Waals surface area contributed by atoms with Crippen LogP contribution < -0.4 is 9.64 Å². The fourth-order valence-electron chi connectivity index (χ4n) is 6.25. The molecule has 1 aliphatic carbocycles. The third-order valence-electron chi connectivity index (χ3n) is 8.35. The Hall–Kier alpha value is -3.06. The number of rotatable bonds is 4. The molecule has 0 radical (unpaired) electrons. The number of aliphatic hydroxyl groups is 1. The maximum atomic E-state index is 13.0. The summed E-state index contributed by atoms with van der Waals surface area (Å²) in [5, 5.41) is 11.7. The van der Waals surface area contributed by atoms with Crippen molar-refractivity contribution in [3.05, 3.63) is 53.9 Å². The SMILES string of the molecule is COc1ccc2c3c([nH]c2c1)C(CO)N(c1ccccn1)CC31CCN(C(=O)C2CCC2)CC1. The molecule has 2 fully saturated rings. The number of amides is 1. The number of piperidine rings is 1. The summed E-state index contributed by atoms with van der Waals surface area (Å²) >= 11 is 0. The second kappa shape index (κ2) is 8.31. The molecule has 0 bridgehead atoms. The number of pyridine rings is 1. The van der Waals surface area contributed by atoms with E-state index in [0.717, 1.165) is 68.1 Å². The lowest BCUT2D eigenvalue weighted by Gasteiger charge is -2.51. The molecule has 178 valence electrons. The molecule has 1 saturated carbocycles. The maximum absolute atomic E-state index is 13.0. The van der Waals surface area contributed by atoms with Crippen LogP contribution in [0.4, 0.5) is 5.82 Å². The zero-order chi connectivity index (χ0) is 23.3. The van der Waals surface area contributed by atoms with Gasteiger partial charge >= 0.3 is 0 Å². The molecule has 3 aromatic rings. The first-order chi connectivity index (χ1) is 16.6. The molecule has 7 heteroatoms. The van der Waals surface area contributed by atoms with Crippen LogP contribution in [0.15, 0.2) is 42.6 Å². The highest BCUT2D eigenvalue weighted by molar-refractivity contribution is 5.88. The minimum atomic E-state index is -0.205. The lowest BCUT2D eigenvalue weighted by Crippen LogP contribution is -2.55. The fraction of sp³-hybridized carbons (Fsp3) is 0.481. The molecule has 2 aromatic heterocycles. The van der Waals surface area contributed by atoms with Crippen LogP contribution in [0, 0.1) is 5.92 Å². The standard InChI is InChI=1S/C27H32N4O3/c1-34-19-8-9-20-21(15-19)29-25-22(16-32)31(23-7-2-3-12-28-23)17-27(24(20)25)10-13-30(14-11-27)26(33)18-5-4-6-18/h2-3,7-9,12,15,18,22,29,32H,4-6,10-11,13-14,16-17H2,1H3. The molecule has 34 heavy (non-hydrogen) atoms. The maximum Gasteiger partial charge on any atom is 0.225 e. The molecule has 1 atom stereocenters. The number of carbonyl (C=O) groups excluding carboxylic acids is 1. The Morgan fingerprint density at radius 3 is 2.71 bits per heavy atom. The number of nitrogens with zero attached hydrogens (tertiary/aromatic N) is 3.